The van der Waals surface area contributed by atoms with Gasteiger partial charge in [0.2, 0.25) is 0 Å². The molecule has 0 spiro atoms. The van der Waals surface area contributed by atoms with E-state index in [1.54, 1.807) is 46.4 Å². The number of hydrogen-bond acceptors (Lipinski definition) is 8. The van der Waals surface area contributed by atoms with Crippen LogP contribution in [0.2, 0.25) is 5.02 Å². The molecule has 1 aliphatic carbocycles. The highest BCUT2D eigenvalue weighted by Gasteiger charge is 2.41. The number of anilines is 1. The third kappa shape index (κ3) is 5.97. The van der Waals surface area contributed by atoms with Crippen LogP contribution in [0.3, 0.4) is 0 Å². The zero-order chi connectivity index (χ0) is 29.9. The average molecular weight is 582 g/mol. The van der Waals surface area contributed by atoms with E-state index in [-0.39, 0.29) is 46.0 Å². The van der Waals surface area contributed by atoms with Crippen LogP contribution >= 0.6 is 11.6 Å². The van der Waals surface area contributed by atoms with Gasteiger partial charge in [-0.05, 0) is 66.4 Å². The molecule has 13 heteroatoms. The Hall–Kier alpha value is -3.12. The molecular weight excluding hydrogens is 545 g/mol. The smallest absolute Gasteiger partial charge is 0.427 e. The number of carbonyl (C=O) groups is 2. The standard InChI is InChI=1S/C27H37ClFN5O6/c1-13-11-32(12-16(13)19(30)23(36)39-26(2,3)4)21-17(29)10-15-20(18(21)28)33(14-8-9-14)25(38)34(22(15)35)31-24(37)40-27(5,6)7/h10,13-14,16,19H,8-9,11-12,30H2,1-7H3,(H,31,37)/t13-,16-,19?/m1/s1. The fraction of sp³-hybridized carbons (Fsp3) is 0.630. The number of carbonyl (C=O) groups excluding carboxylic acids is 2. The predicted octanol–water partition coefficient (Wildman–Crippen LogP) is 3.51. The first-order valence-electron chi connectivity index (χ1n) is 13.3. The molecule has 1 saturated heterocycles. The Balaban J connectivity index is 1.76. The molecule has 3 atom stereocenters. The van der Waals surface area contributed by atoms with Gasteiger partial charge in [0.25, 0.3) is 5.56 Å². The minimum Gasteiger partial charge on any atom is -0.459 e. The van der Waals surface area contributed by atoms with E-state index in [9.17, 15) is 19.2 Å². The molecule has 2 aromatic rings. The molecule has 0 radical (unpaired) electrons. The van der Waals surface area contributed by atoms with Gasteiger partial charge in [-0.3, -0.25) is 14.2 Å². The lowest BCUT2D eigenvalue weighted by Gasteiger charge is -2.27. The maximum Gasteiger partial charge on any atom is 0.427 e. The van der Waals surface area contributed by atoms with E-state index < -0.39 is 46.4 Å². The van der Waals surface area contributed by atoms with Gasteiger partial charge in [0.1, 0.15) is 23.1 Å². The summed E-state index contributed by atoms with van der Waals surface area (Å²) >= 11 is 6.79. The highest BCUT2D eigenvalue weighted by molar-refractivity contribution is 6.38. The van der Waals surface area contributed by atoms with Crippen LogP contribution < -0.4 is 27.3 Å². The van der Waals surface area contributed by atoms with E-state index in [0.29, 0.717) is 24.1 Å². The van der Waals surface area contributed by atoms with Crippen molar-refractivity contribution in [3.8, 4) is 0 Å². The number of nitrogens with two attached hydrogens (primary N) is 1. The van der Waals surface area contributed by atoms with Crippen molar-refractivity contribution in [1.82, 2.24) is 9.24 Å². The van der Waals surface area contributed by atoms with Crippen molar-refractivity contribution in [3.05, 3.63) is 37.7 Å². The molecule has 220 valence electrons. The van der Waals surface area contributed by atoms with Gasteiger partial charge in [0, 0.05) is 25.0 Å². The quantitative estimate of drug-likeness (QED) is 0.512. The van der Waals surface area contributed by atoms with E-state index in [1.165, 1.54) is 4.57 Å². The minimum absolute atomic E-state index is 0.0194. The van der Waals surface area contributed by atoms with Crippen molar-refractivity contribution in [2.24, 2.45) is 17.6 Å². The van der Waals surface area contributed by atoms with Gasteiger partial charge in [0.05, 0.1) is 21.6 Å². The largest absolute Gasteiger partial charge is 0.459 e. The van der Waals surface area contributed by atoms with Gasteiger partial charge < -0.3 is 20.1 Å². The first-order valence-corrected chi connectivity index (χ1v) is 13.7. The first kappa shape index (κ1) is 29.9. The summed E-state index contributed by atoms with van der Waals surface area (Å²) in [6.07, 6.45) is 0.293. The molecule has 40 heavy (non-hydrogen) atoms. The number of hydrogen-bond donors (Lipinski definition) is 2. The summed E-state index contributed by atoms with van der Waals surface area (Å²) in [6, 6.07) is -0.183. The second-order valence-corrected chi connectivity index (χ2v) is 13.0. The second kappa shape index (κ2) is 10.4. The molecule has 1 aliphatic heterocycles. The first-order chi connectivity index (χ1) is 18.4. The Kier molecular flexibility index (Phi) is 7.74. The Labute approximate surface area is 236 Å². The predicted molar refractivity (Wildman–Crippen MR) is 150 cm³/mol. The van der Waals surface area contributed by atoms with E-state index in [0.717, 1.165) is 6.07 Å². The van der Waals surface area contributed by atoms with Crippen LogP contribution in [0.5, 0.6) is 0 Å². The summed E-state index contributed by atoms with van der Waals surface area (Å²) in [7, 11) is 0. The number of halogens is 2. The Bertz CT molecular complexity index is 1470. The van der Waals surface area contributed by atoms with Crippen LogP contribution in [0.25, 0.3) is 10.9 Å². The van der Waals surface area contributed by atoms with Crippen LogP contribution in [-0.2, 0) is 14.3 Å². The summed E-state index contributed by atoms with van der Waals surface area (Å²) in [5.74, 6) is -1.78. The van der Waals surface area contributed by atoms with Crippen molar-refractivity contribution < 1.29 is 23.5 Å². The molecule has 11 nitrogen and oxygen atoms in total. The maximum atomic E-state index is 15.7. The highest BCUT2D eigenvalue weighted by atomic mass is 35.5. The van der Waals surface area contributed by atoms with E-state index in [2.05, 4.69) is 5.43 Å². The van der Waals surface area contributed by atoms with Gasteiger partial charge >= 0.3 is 17.8 Å². The lowest BCUT2D eigenvalue weighted by Crippen LogP contribution is -2.48. The number of esters is 1. The summed E-state index contributed by atoms with van der Waals surface area (Å²) < 4.78 is 28.2. The number of amides is 1. The molecule has 2 aliphatic rings. The minimum atomic E-state index is -1.00. The number of fused-ring (bicyclic) bond motifs is 1. The number of nitrogens with one attached hydrogen (secondary N) is 1. The zero-order valence-electron chi connectivity index (χ0n) is 23.8. The molecule has 0 bridgehead atoms. The molecule has 4 rings (SSSR count). The maximum absolute atomic E-state index is 15.7. The molecule has 2 heterocycles. The molecule has 1 aromatic carbocycles. The third-order valence-corrected chi connectivity index (χ3v) is 7.24. The Morgan fingerprint density at radius 3 is 2.25 bits per heavy atom. The third-order valence-electron chi connectivity index (χ3n) is 6.88. The lowest BCUT2D eigenvalue weighted by molar-refractivity contribution is -0.158. The molecule has 1 saturated carbocycles. The van der Waals surface area contributed by atoms with Gasteiger partial charge in [0.15, 0.2) is 0 Å². The molecule has 1 aromatic heterocycles. The fourth-order valence-electron chi connectivity index (χ4n) is 5.05. The van der Waals surface area contributed by atoms with Crippen molar-refractivity contribution >= 4 is 40.3 Å². The highest BCUT2D eigenvalue weighted by Crippen LogP contribution is 2.42. The molecule has 2 fully saturated rings. The van der Waals surface area contributed by atoms with Crippen LogP contribution in [0.1, 0.15) is 67.3 Å². The summed E-state index contributed by atoms with van der Waals surface area (Å²) in [6.45, 7) is 12.6. The summed E-state index contributed by atoms with van der Waals surface area (Å²) in [4.78, 5) is 53.5. The molecule has 3 N–H and O–H groups in total. The Morgan fingerprint density at radius 2 is 1.70 bits per heavy atom. The van der Waals surface area contributed by atoms with E-state index in [4.69, 9.17) is 26.8 Å². The van der Waals surface area contributed by atoms with Crippen LogP contribution in [-0.4, -0.2) is 51.6 Å². The average Bonchev–Trinajstić information content (AvgIpc) is 3.56. The van der Waals surface area contributed by atoms with Crippen molar-refractivity contribution in [1.29, 1.82) is 0 Å². The number of nitrogens with zero attached hydrogens (tertiary/aromatic N) is 3. The topological polar surface area (TPSA) is 138 Å². The van der Waals surface area contributed by atoms with Crippen molar-refractivity contribution in [2.45, 2.75) is 84.6 Å². The van der Waals surface area contributed by atoms with Crippen LogP contribution in [0.15, 0.2) is 15.7 Å². The van der Waals surface area contributed by atoms with Gasteiger partial charge in [-0.15, -0.1) is 0 Å². The van der Waals surface area contributed by atoms with Gasteiger partial charge in [-0.1, -0.05) is 18.5 Å². The lowest BCUT2D eigenvalue weighted by atomic mass is 9.91. The van der Waals surface area contributed by atoms with Crippen LogP contribution in [0.4, 0.5) is 14.9 Å². The number of aromatic nitrogens is 2. The molecule has 1 amide bonds. The number of ether oxygens (including phenoxy) is 2. The second-order valence-electron chi connectivity index (χ2n) is 12.7. The Morgan fingerprint density at radius 1 is 1.10 bits per heavy atom. The van der Waals surface area contributed by atoms with Crippen LogP contribution in [0, 0.1) is 17.7 Å². The summed E-state index contributed by atoms with van der Waals surface area (Å²) in [5.41, 5.74) is 5.23. The normalized spacial score (nSPS) is 20.5. The SMILES string of the molecule is C[C@@H]1CN(c2c(F)cc3c(=O)n(NC(=O)OC(C)(C)C)c(=O)n(C4CC4)c3c2Cl)C[C@H]1C(N)C(=O)OC(C)(C)C. The van der Waals surface area contributed by atoms with Crippen molar-refractivity contribution in [3.63, 3.8) is 0 Å². The number of rotatable bonds is 5. The fourth-order valence-corrected chi connectivity index (χ4v) is 5.45. The monoisotopic (exact) mass is 581 g/mol. The van der Waals surface area contributed by atoms with Crippen molar-refractivity contribution in [2.75, 3.05) is 23.4 Å². The zero-order valence-corrected chi connectivity index (χ0v) is 24.6. The molecule has 1 unspecified atom stereocenters. The van der Waals surface area contributed by atoms with Gasteiger partial charge in [-0.2, -0.15) is 4.68 Å². The molecular formula is C27H37ClFN5O6. The van der Waals surface area contributed by atoms with E-state index >= 15 is 4.39 Å². The van der Waals surface area contributed by atoms with E-state index in [1.807, 2.05) is 6.92 Å². The number of benzene rings is 1. The summed E-state index contributed by atoms with van der Waals surface area (Å²) in [5, 5.41) is -0.262. The van der Waals surface area contributed by atoms with Gasteiger partial charge in [-0.25, -0.2) is 19.4 Å².